The Morgan fingerprint density at radius 2 is 1.50 bits per heavy atom. The number of esters is 1. The van der Waals surface area contributed by atoms with Crippen molar-refractivity contribution in [2.24, 2.45) is 23.2 Å². The van der Waals surface area contributed by atoms with Gasteiger partial charge in [-0.1, -0.05) is 0 Å². The summed E-state index contributed by atoms with van der Waals surface area (Å²) in [5.74, 6) is 1.96. The Morgan fingerprint density at radius 1 is 1.00 bits per heavy atom. The number of nitrogens with one attached hydrogen (secondary N) is 1. The van der Waals surface area contributed by atoms with E-state index in [1.807, 2.05) is 6.92 Å². The van der Waals surface area contributed by atoms with Gasteiger partial charge in [-0.25, -0.2) is 9.59 Å². The lowest BCUT2D eigenvalue weighted by Crippen LogP contribution is -2.56. The second-order valence-corrected chi connectivity index (χ2v) is 10.4. The molecule has 4 saturated carbocycles. The minimum Gasteiger partial charge on any atom is -0.458 e. The van der Waals surface area contributed by atoms with Crippen LogP contribution in [0, 0.1) is 23.2 Å². The number of alkyl carbamates (subject to hydrolysis) is 1. The lowest BCUT2D eigenvalue weighted by molar-refractivity contribution is -0.185. The molecule has 0 aromatic rings. The lowest BCUT2D eigenvalue weighted by Gasteiger charge is -2.59. The number of rotatable bonds is 6. The molecule has 0 aromatic heterocycles. The van der Waals surface area contributed by atoms with Crippen molar-refractivity contribution >= 4 is 12.1 Å². The Kier molecular flexibility index (Phi) is 6.00. The van der Waals surface area contributed by atoms with E-state index in [-0.39, 0.29) is 17.6 Å². The van der Waals surface area contributed by atoms with Gasteiger partial charge in [-0.05, 0) is 90.9 Å². The van der Waals surface area contributed by atoms with Crippen LogP contribution in [0.3, 0.4) is 0 Å². The third-order valence-electron chi connectivity index (χ3n) is 6.76. The highest BCUT2D eigenvalue weighted by molar-refractivity contribution is 5.81. The second kappa shape index (κ2) is 7.85. The molecule has 1 N–H and O–H groups in total. The molecule has 6 nitrogen and oxygen atoms in total. The van der Waals surface area contributed by atoms with Gasteiger partial charge in [0, 0.05) is 12.5 Å². The molecule has 4 bridgehead atoms. The summed E-state index contributed by atoms with van der Waals surface area (Å²) in [6.07, 6.45) is 6.58. The van der Waals surface area contributed by atoms with Crippen LogP contribution in [0.4, 0.5) is 4.79 Å². The Balaban J connectivity index is 1.59. The van der Waals surface area contributed by atoms with Crippen molar-refractivity contribution in [2.45, 2.75) is 97.0 Å². The first-order chi connectivity index (χ1) is 13.0. The van der Waals surface area contributed by atoms with Gasteiger partial charge in [0.1, 0.15) is 17.7 Å². The van der Waals surface area contributed by atoms with E-state index in [0.717, 1.165) is 17.8 Å². The van der Waals surface area contributed by atoms with Gasteiger partial charge < -0.3 is 19.5 Å². The quantitative estimate of drug-likeness (QED) is 0.687. The molecular weight excluding hydrogens is 358 g/mol. The van der Waals surface area contributed by atoms with Crippen LogP contribution >= 0.6 is 0 Å². The van der Waals surface area contributed by atoms with E-state index in [4.69, 9.17) is 14.2 Å². The van der Waals surface area contributed by atoms with Crippen LogP contribution < -0.4 is 5.32 Å². The van der Waals surface area contributed by atoms with Crippen LogP contribution in [0.5, 0.6) is 0 Å². The number of ether oxygens (including phenoxy) is 3. The number of carbonyl (C=O) groups excluding carboxylic acids is 2. The summed E-state index contributed by atoms with van der Waals surface area (Å²) in [6.45, 7) is 8.89. The van der Waals surface area contributed by atoms with Crippen molar-refractivity contribution in [2.75, 3.05) is 7.11 Å². The standard InChI is InChI=1S/C22H37NO5/c1-13(23-20(25)28-21(3,4)5)19(24)27-14(2)18(26-6)22-10-15-7-16(11-22)9-17(8-15)12-22/h13-18H,7-12H2,1-6H3,(H,23,25)/t13-,14-,15?,16?,17?,18-,22?/m0/s1. The van der Waals surface area contributed by atoms with E-state index in [1.54, 1.807) is 34.8 Å². The van der Waals surface area contributed by atoms with Crippen molar-refractivity contribution in [3.8, 4) is 0 Å². The zero-order chi connectivity index (χ0) is 20.7. The molecule has 0 aromatic carbocycles. The average molecular weight is 396 g/mol. The van der Waals surface area contributed by atoms with Gasteiger partial charge >= 0.3 is 12.1 Å². The van der Waals surface area contributed by atoms with Gasteiger partial charge in [-0.15, -0.1) is 0 Å². The first kappa shape index (κ1) is 21.4. The van der Waals surface area contributed by atoms with Crippen LogP contribution in [0.15, 0.2) is 0 Å². The number of amides is 1. The van der Waals surface area contributed by atoms with E-state index < -0.39 is 23.7 Å². The van der Waals surface area contributed by atoms with Crippen LogP contribution in [0.2, 0.25) is 0 Å². The zero-order valence-corrected chi connectivity index (χ0v) is 18.2. The predicted octanol–water partition coefficient (Wildman–Crippen LogP) is 4.06. The first-order valence-corrected chi connectivity index (χ1v) is 10.7. The van der Waals surface area contributed by atoms with Crippen LogP contribution in [0.25, 0.3) is 0 Å². The van der Waals surface area contributed by atoms with E-state index in [0.29, 0.717) is 0 Å². The van der Waals surface area contributed by atoms with E-state index in [1.165, 1.54) is 38.5 Å². The molecule has 4 aliphatic rings. The second-order valence-electron chi connectivity index (χ2n) is 10.4. The fraction of sp³-hybridized carbons (Fsp3) is 0.909. The molecule has 0 radical (unpaired) electrons. The van der Waals surface area contributed by atoms with Crippen molar-refractivity contribution in [1.82, 2.24) is 5.32 Å². The summed E-state index contributed by atoms with van der Waals surface area (Å²) in [5.41, 5.74) is -0.480. The smallest absolute Gasteiger partial charge is 0.408 e. The zero-order valence-electron chi connectivity index (χ0n) is 18.2. The van der Waals surface area contributed by atoms with E-state index >= 15 is 0 Å². The number of methoxy groups -OCH3 is 1. The van der Waals surface area contributed by atoms with Gasteiger partial charge in [0.05, 0.1) is 6.10 Å². The van der Waals surface area contributed by atoms with E-state index in [2.05, 4.69) is 5.32 Å². The van der Waals surface area contributed by atoms with Gasteiger partial charge in [0.15, 0.2) is 0 Å². The maximum Gasteiger partial charge on any atom is 0.408 e. The summed E-state index contributed by atoms with van der Waals surface area (Å²) < 4.78 is 16.9. The molecule has 1 amide bonds. The fourth-order valence-electron chi connectivity index (χ4n) is 6.36. The Morgan fingerprint density at radius 3 is 1.93 bits per heavy atom. The fourth-order valence-corrected chi connectivity index (χ4v) is 6.36. The van der Waals surface area contributed by atoms with Gasteiger partial charge in [-0.3, -0.25) is 0 Å². The van der Waals surface area contributed by atoms with E-state index in [9.17, 15) is 9.59 Å². The third-order valence-corrected chi connectivity index (χ3v) is 6.76. The number of hydrogen-bond donors (Lipinski definition) is 1. The molecular formula is C22H37NO5. The Bertz CT molecular complexity index is 561. The topological polar surface area (TPSA) is 73.9 Å². The number of carbonyl (C=O) groups is 2. The molecule has 6 heteroatoms. The van der Waals surface area contributed by atoms with Gasteiger partial charge in [0.25, 0.3) is 0 Å². The largest absolute Gasteiger partial charge is 0.458 e. The molecule has 160 valence electrons. The predicted molar refractivity (Wildman–Crippen MR) is 106 cm³/mol. The lowest BCUT2D eigenvalue weighted by atomic mass is 9.47. The highest BCUT2D eigenvalue weighted by Gasteiger charge is 2.56. The summed E-state index contributed by atoms with van der Waals surface area (Å²) in [5, 5.41) is 2.56. The summed E-state index contributed by atoms with van der Waals surface area (Å²) in [4.78, 5) is 24.5. The molecule has 4 aliphatic carbocycles. The maximum absolute atomic E-state index is 12.6. The van der Waals surface area contributed by atoms with Gasteiger partial charge in [0.2, 0.25) is 0 Å². The van der Waals surface area contributed by atoms with Crippen molar-refractivity contribution < 1.29 is 23.8 Å². The summed E-state index contributed by atoms with van der Waals surface area (Å²) in [6, 6.07) is -0.772. The van der Waals surface area contributed by atoms with Gasteiger partial charge in [-0.2, -0.15) is 0 Å². The Hall–Kier alpha value is -1.30. The summed E-state index contributed by atoms with van der Waals surface area (Å²) >= 11 is 0. The van der Waals surface area contributed by atoms with Crippen LogP contribution in [-0.4, -0.2) is 43.0 Å². The number of hydrogen-bond acceptors (Lipinski definition) is 5. The third kappa shape index (κ3) is 4.64. The highest BCUT2D eigenvalue weighted by atomic mass is 16.6. The average Bonchev–Trinajstić information content (AvgIpc) is 2.51. The maximum atomic E-state index is 12.6. The molecule has 28 heavy (non-hydrogen) atoms. The first-order valence-electron chi connectivity index (χ1n) is 10.7. The summed E-state index contributed by atoms with van der Waals surface area (Å²) in [7, 11) is 1.73. The minimum absolute atomic E-state index is 0.0985. The highest BCUT2D eigenvalue weighted by Crippen LogP contribution is 2.62. The molecule has 0 saturated heterocycles. The van der Waals surface area contributed by atoms with Crippen molar-refractivity contribution in [1.29, 1.82) is 0 Å². The molecule has 0 spiro atoms. The minimum atomic E-state index is -0.772. The molecule has 4 fully saturated rings. The molecule has 3 atom stereocenters. The monoisotopic (exact) mass is 395 g/mol. The molecule has 4 rings (SSSR count). The molecule has 0 unspecified atom stereocenters. The molecule has 0 aliphatic heterocycles. The molecule has 0 heterocycles. The van der Waals surface area contributed by atoms with Crippen molar-refractivity contribution in [3.05, 3.63) is 0 Å². The normalized spacial score (nSPS) is 34.4. The SMILES string of the molecule is CO[C@@H]([C@H](C)OC(=O)[C@H](C)NC(=O)OC(C)(C)C)C12CC3CC(CC(C3)C1)C2. The Labute approximate surface area is 169 Å². The van der Waals surface area contributed by atoms with Crippen LogP contribution in [-0.2, 0) is 19.0 Å². The van der Waals surface area contributed by atoms with Crippen molar-refractivity contribution in [3.63, 3.8) is 0 Å². The van der Waals surface area contributed by atoms with Crippen LogP contribution in [0.1, 0.15) is 73.1 Å².